The molecule has 0 aliphatic carbocycles. The fourth-order valence-corrected chi connectivity index (χ4v) is 3.91. The average molecular weight is 350 g/mol. The zero-order valence-corrected chi connectivity index (χ0v) is 14.4. The van der Waals surface area contributed by atoms with E-state index in [2.05, 4.69) is 0 Å². The smallest absolute Gasteiger partial charge is 0.247 e. The maximum Gasteiger partial charge on any atom is 0.247 e. The normalized spacial score (nSPS) is 11.6. The van der Waals surface area contributed by atoms with Gasteiger partial charge in [0, 0.05) is 18.8 Å². The Morgan fingerprint density at radius 2 is 1.88 bits per heavy atom. The van der Waals surface area contributed by atoms with Crippen molar-refractivity contribution < 1.29 is 18.3 Å². The molecular formula is C17H22N2O4S. The molecule has 2 aromatic carbocycles. The number of nitrogens with two attached hydrogens (primary N) is 1. The molecule has 0 amide bonds. The lowest BCUT2D eigenvalue weighted by atomic mass is 10.2. The number of nitrogen functional groups attached to an aromatic ring is 1. The van der Waals surface area contributed by atoms with Gasteiger partial charge >= 0.3 is 0 Å². The van der Waals surface area contributed by atoms with Crippen molar-refractivity contribution in [3.63, 3.8) is 0 Å². The number of rotatable bonds is 8. The predicted octanol–water partition coefficient (Wildman–Crippen LogP) is 1.85. The molecule has 0 atom stereocenters. The average Bonchev–Trinajstić information content (AvgIpc) is 2.57. The van der Waals surface area contributed by atoms with Gasteiger partial charge < -0.3 is 15.6 Å². The van der Waals surface area contributed by atoms with E-state index in [-0.39, 0.29) is 30.3 Å². The van der Waals surface area contributed by atoms with Crippen LogP contribution >= 0.6 is 0 Å². The van der Waals surface area contributed by atoms with Crippen molar-refractivity contribution >= 4 is 15.7 Å². The topological polar surface area (TPSA) is 92.9 Å². The first-order valence-electron chi connectivity index (χ1n) is 7.66. The van der Waals surface area contributed by atoms with Crippen molar-refractivity contribution in [3.05, 3.63) is 54.1 Å². The molecule has 0 radical (unpaired) electrons. The van der Waals surface area contributed by atoms with E-state index < -0.39 is 10.0 Å². The number of nitrogens with zero attached hydrogens (tertiary/aromatic N) is 1. The standard InChI is InChI=1S/C17H22N2O4S/c1-2-23-16-9-8-15(18)12-17(16)24(21,22)19(10-11-20)13-14-6-4-3-5-7-14/h3-9,12,20H,2,10-11,13,18H2,1H3. The molecule has 0 saturated carbocycles. The Bertz CT molecular complexity index is 763. The van der Waals surface area contributed by atoms with E-state index in [0.717, 1.165) is 5.56 Å². The lowest BCUT2D eigenvalue weighted by molar-refractivity contribution is 0.250. The summed E-state index contributed by atoms with van der Waals surface area (Å²) in [5, 5.41) is 9.29. The van der Waals surface area contributed by atoms with Gasteiger partial charge in [0.2, 0.25) is 10.0 Å². The van der Waals surface area contributed by atoms with Crippen LogP contribution in [0.2, 0.25) is 0 Å². The highest BCUT2D eigenvalue weighted by Crippen LogP contribution is 2.29. The fraction of sp³-hybridized carbons (Fsp3) is 0.294. The van der Waals surface area contributed by atoms with Gasteiger partial charge in [0.15, 0.2) is 0 Å². The summed E-state index contributed by atoms with van der Waals surface area (Å²) < 4.78 is 32.8. The van der Waals surface area contributed by atoms with Crippen molar-refractivity contribution in [1.29, 1.82) is 0 Å². The van der Waals surface area contributed by atoms with Crippen molar-refractivity contribution in [2.24, 2.45) is 0 Å². The molecule has 0 bridgehead atoms. The molecule has 0 unspecified atom stereocenters. The molecule has 0 heterocycles. The Labute approximate surface area is 142 Å². The summed E-state index contributed by atoms with van der Waals surface area (Å²) in [6.07, 6.45) is 0. The van der Waals surface area contributed by atoms with Crippen molar-refractivity contribution in [3.8, 4) is 5.75 Å². The third-order valence-corrected chi connectivity index (χ3v) is 5.30. The van der Waals surface area contributed by atoms with Crippen LogP contribution in [0.1, 0.15) is 12.5 Å². The summed E-state index contributed by atoms with van der Waals surface area (Å²) in [4.78, 5) is 0.00808. The second kappa shape index (κ2) is 8.14. The summed E-state index contributed by atoms with van der Waals surface area (Å²) in [6.45, 7) is 1.98. The molecule has 130 valence electrons. The number of aliphatic hydroxyl groups is 1. The molecule has 0 aliphatic heterocycles. The van der Waals surface area contributed by atoms with E-state index in [1.807, 2.05) is 30.3 Å². The summed E-state index contributed by atoms with van der Waals surface area (Å²) >= 11 is 0. The van der Waals surface area contributed by atoms with Crippen LogP contribution in [0.15, 0.2) is 53.4 Å². The number of benzene rings is 2. The molecular weight excluding hydrogens is 328 g/mol. The third-order valence-electron chi connectivity index (χ3n) is 3.44. The minimum absolute atomic E-state index is 0.00808. The van der Waals surface area contributed by atoms with Crippen LogP contribution in [-0.4, -0.2) is 37.6 Å². The molecule has 7 heteroatoms. The van der Waals surface area contributed by atoms with Crippen LogP contribution in [0.5, 0.6) is 5.75 Å². The Kier molecular flexibility index (Phi) is 6.19. The second-order valence-electron chi connectivity index (χ2n) is 5.19. The Morgan fingerprint density at radius 3 is 2.50 bits per heavy atom. The number of hydrogen-bond acceptors (Lipinski definition) is 5. The molecule has 0 aromatic heterocycles. The SMILES string of the molecule is CCOc1ccc(N)cc1S(=O)(=O)N(CCO)Cc1ccccc1. The zero-order valence-electron chi connectivity index (χ0n) is 13.6. The number of sulfonamides is 1. The number of ether oxygens (including phenoxy) is 1. The Hall–Kier alpha value is -2.09. The molecule has 2 aromatic rings. The van der Waals surface area contributed by atoms with Gasteiger partial charge in [-0.3, -0.25) is 0 Å². The highest BCUT2D eigenvalue weighted by molar-refractivity contribution is 7.89. The lowest BCUT2D eigenvalue weighted by Gasteiger charge is -2.23. The summed E-state index contributed by atoms with van der Waals surface area (Å²) in [5.74, 6) is 0.253. The van der Waals surface area contributed by atoms with Crippen LogP contribution in [0.3, 0.4) is 0 Å². The van der Waals surface area contributed by atoms with Gasteiger partial charge in [-0.2, -0.15) is 4.31 Å². The number of aliphatic hydroxyl groups excluding tert-OH is 1. The largest absolute Gasteiger partial charge is 0.492 e. The molecule has 0 saturated heterocycles. The minimum Gasteiger partial charge on any atom is -0.492 e. The minimum atomic E-state index is -3.87. The predicted molar refractivity (Wildman–Crippen MR) is 93.1 cm³/mol. The first kappa shape index (κ1) is 18.3. The van der Waals surface area contributed by atoms with Crippen LogP contribution in [0.25, 0.3) is 0 Å². The maximum atomic E-state index is 13.1. The molecule has 6 nitrogen and oxygen atoms in total. The van der Waals surface area contributed by atoms with E-state index >= 15 is 0 Å². The second-order valence-corrected chi connectivity index (χ2v) is 7.09. The van der Waals surface area contributed by atoms with E-state index in [9.17, 15) is 13.5 Å². The third kappa shape index (κ3) is 4.25. The highest BCUT2D eigenvalue weighted by atomic mass is 32.2. The lowest BCUT2D eigenvalue weighted by Crippen LogP contribution is -2.33. The first-order valence-corrected chi connectivity index (χ1v) is 9.10. The van der Waals surface area contributed by atoms with Crippen molar-refractivity contribution in [2.75, 3.05) is 25.5 Å². The van der Waals surface area contributed by atoms with Crippen molar-refractivity contribution in [2.45, 2.75) is 18.4 Å². The molecule has 2 rings (SSSR count). The monoisotopic (exact) mass is 350 g/mol. The summed E-state index contributed by atoms with van der Waals surface area (Å²) in [7, 11) is -3.87. The summed E-state index contributed by atoms with van der Waals surface area (Å²) in [5.41, 5.74) is 6.92. The van der Waals surface area contributed by atoms with Gasteiger partial charge in [-0.15, -0.1) is 0 Å². The van der Waals surface area contributed by atoms with E-state index in [4.69, 9.17) is 10.5 Å². The van der Waals surface area contributed by atoms with Gasteiger partial charge in [0.25, 0.3) is 0 Å². The zero-order chi connectivity index (χ0) is 17.6. The van der Waals surface area contributed by atoms with Crippen LogP contribution in [0, 0.1) is 0 Å². The number of hydrogen-bond donors (Lipinski definition) is 2. The Balaban J connectivity index is 2.43. The van der Waals surface area contributed by atoms with E-state index in [0.29, 0.717) is 12.3 Å². The van der Waals surface area contributed by atoms with Gasteiger partial charge in [-0.05, 0) is 30.7 Å². The van der Waals surface area contributed by atoms with E-state index in [1.165, 1.54) is 10.4 Å². The van der Waals surface area contributed by atoms with Crippen LogP contribution in [0.4, 0.5) is 5.69 Å². The first-order chi connectivity index (χ1) is 11.5. The molecule has 0 aliphatic rings. The molecule has 0 fully saturated rings. The summed E-state index contributed by atoms with van der Waals surface area (Å²) in [6, 6.07) is 13.7. The fourth-order valence-electron chi connectivity index (χ4n) is 2.32. The van der Waals surface area contributed by atoms with Gasteiger partial charge in [-0.25, -0.2) is 8.42 Å². The van der Waals surface area contributed by atoms with Crippen molar-refractivity contribution in [1.82, 2.24) is 4.31 Å². The van der Waals surface area contributed by atoms with Gasteiger partial charge in [0.1, 0.15) is 10.6 Å². The number of anilines is 1. The van der Waals surface area contributed by atoms with E-state index in [1.54, 1.807) is 19.1 Å². The van der Waals surface area contributed by atoms with Crippen LogP contribution < -0.4 is 10.5 Å². The van der Waals surface area contributed by atoms with Gasteiger partial charge in [0.05, 0.1) is 13.2 Å². The Morgan fingerprint density at radius 1 is 1.17 bits per heavy atom. The molecule has 24 heavy (non-hydrogen) atoms. The van der Waals surface area contributed by atoms with Gasteiger partial charge in [-0.1, -0.05) is 30.3 Å². The highest BCUT2D eigenvalue weighted by Gasteiger charge is 2.28. The maximum absolute atomic E-state index is 13.1. The molecule has 3 N–H and O–H groups in total. The molecule has 0 spiro atoms. The quantitative estimate of drug-likeness (QED) is 0.709. The van der Waals surface area contributed by atoms with Crippen LogP contribution in [-0.2, 0) is 16.6 Å².